The smallest absolute Gasteiger partial charge is 0.408 e. The number of carbonyl (C=O) groups is 1. The van der Waals surface area contributed by atoms with Crippen molar-refractivity contribution in [1.82, 2.24) is 15.5 Å². The first kappa shape index (κ1) is 17.4. The molecule has 0 aliphatic carbocycles. The second-order valence-electron chi connectivity index (χ2n) is 6.14. The molecular formula is C13H24N4O4. The zero-order valence-electron chi connectivity index (χ0n) is 13.1. The molecule has 1 heterocycles. The van der Waals surface area contributed by atoms with Crippen molar-refractivity contribution >= 4 is 6.09 Å². The Kier molecular flexibility index (Phi) is 5.68. The highest BCUT2D eigenvalue weighted by Gasteiger charge is 2.27. The van der Waals surface area contributed by atoms with Gasteiger partial charge in [0.05, 0.1) is 6.61 Å². The van der Waals surface area contributed by atoms with Crippen molar-refractivity contribution in [3.63, 3.8) is 0 Å². The van der Waals surface area contributed by atoms with E-state index in [1.54, 1.807) is 20.8 Å². The van der Waals surface area contributed by atoms with Gasteiger partial charge in [0.15, 0.2) is 0 Å². The normalized spacial score (nSPS) is 14.9. The molecule has 4 N–H and O–H groups in total. The molecule has 0 saturated carbocycles. The summed E-state index contributed by atoms with van der Waals surface area (Å²) in [6, 6.07) is -1.23. The van der Waals surface area contributed by atoms with Gasteiger partial charge in [-0.15, -0.1) is 10.2 Å². The molecule has 120 valence electrons. The van der Waals surface area contributed by atoms with Crippen molar-refractivity contribution in [2.45, 2.75) is 52.3 Å². The maximum Gasteiger partial charge on any atom is 0.408 e. The Labute approximate surface area is 124 Å². The minimum absolute atomic E-state index is 0.0103. The predicted octanol–water partition coefficient (Wildman–Crippen LogP) is 1.28. The van der Waals surface area contributed by atoms with Crippen LogP contribution in [0.4, 0.5) is 4.79 Å². The van der Waals surface area contributed by atoms with Crippen LogP contribution in [0, 0.1) is 5.92 Å². The van der Waals surface area contributed by atoms with Gasteiger partial charge < -0.3 is 25.3 Å². The van der Waals surface area contributed by atoms with Crippen LogP contribution < -0.4 is 11.1 Å². The van der Waals surface area contributed by atoms with E-state index < -0.39 is 23.8 Å². The van der Waals surface area contributed by atoms with Crippen LogP contribution in [0.25, 0.3) is 0 Å². The monoisotopic (exact) mass is 300 g/mol. The van der Waals surface area contributed by atoms with Gasteiger partial charge >= 0.3 is 6.09 Å². The summed E-state index contributed by atoms with van der Waals surface area (Å²) in [7, 11) is 0. The minimum Gasteiger partial charge on any atom is -0.444 e. The number of aliphatic hydroxyl groups excluding tert-OH is 1. The molecule has 8 heteroatoms. The Morgan fingerprint density at radius 2 is 1.95 bits per heavy atom. The molecule has 2 atom stereocenters. The van der Waals surface area contributed by atoms with Crippen LogP contribution in [0.1, 0.15) is 58.5 Å². The van der Waals surface area contributed by atoms with Crippen LogP contribution in [-0.4, -0.2) is 33.6 Å². The van der Waals surface area contributed by atoms with E-state index >= 15 is 0 Å². The van der Waals surface area contributed by atoms with E-state index in [9.17, 15) is 4.79 Å². The number of alkyl carbamates (subject to hydrolysis) is 1. The van der Waals surface area contributed by atoms with Crippen LogP contribution in [0.3, 0.4) is 0 Å². The van der Waals surface area contributed by atoms with Gasteiger partial charge in [0.25, 0.3) is 0 Å². The Morgan fingerprint density at radius 1 is 1.38 bits per heavy atom. The molecule has 1 aromatic heterocycles. The molecule has 1 rings (SSSR count). The second-order valence-corrected chi connectivity index (χ2v) is 6.14. The zero-order chi connectivity index (χ0) is 16.2. The fourth-order valence-corrected chi connectivity index (χ4v) is 1.55. The second kappa shape index (κ2) is 6.86. The lowest BCUT2D eigenvalue weighted by atomic mass is 10.1. The third-order valence-corrected chi connectivity index (χ3v) is 2.58. The number of rotatable bonds is 5. The van der Waals surface area contributed by atoms with E-state index in [2.05, 4.69) is 15.5 Å². The molecule has 1 aromatic rings. The number of aliphatic hydroxyl groups is 1. The number of hydrogen-bond acceptors (Lipinski definition) is 7. The number of nitrogens with one attached hydrogen (secondary N) is 1. The van der Waals surface area contributed by atoms with E-state index in [1.807, 2.05) is 13.8 Å². The highest BCUT2D eigenvalue weighted by molar-refractivity contribution is 5.68. The van der Waals surface area contributed by atoms with Crippen LogP contribution in [0.5, 0.6) is 0 Å². The van der Waals surface area contributed by atoms with Crippen molar-refractivity contribution in [3.8, 4) is 0 Å². The molecule has 0 saturated heterocycles. The van der Waals surface area contributed by atoms with Crippen molar-refractivity contribution in [1.29, 1.82) is 0 Å². The summed E-state index contributed by atoms with van der Waals surface area (Å²) >= 11 is 0. The summed E-state index contributed by atoms with van der Waals surface area (Å²) in [4.78, 5) is 11.9. The number of amides is 1. The molecule has 0 aliphatic heterocycles. The molecule has 0 radical (unpaired) electrons. The highest BCUT2D eigenvalue weighted by Crippen LogP contribution is 2.22. The number of hydrogen-bond donors (Lipinski definition) is 3. The quantitative estimate of drug-likeness (QED) is 0.748. The van der Waals surface area contributed by atoms with Gasteiger partial charge in [-0.2, -0.15) is 0 Å². The van der Waals surface area contributed by atoms with Gasteiger partial charge in [0, 0.05) is 0 Å². The Morgan fingerprint density at radius 3 is 2.43 bits per heavy atom. The average molecular weight is 300 g/mol. The highest BCUT2D eigenvalue weighted by atomic mass is 16.6. The third kappa shape index (κ3) is 5.31. The summed E-state index contributed by atoms with van der Waals surface area (Å²) in [6.45, 7) is 8.84. The number of carbonyl (C=O) groups excluding carboxylic acids is 1. The maximum absolute atomic E-state index is 11.9. The molecule has 8 nitrogen and oxygen atoms in total. The predicted molar refractivity (Wildman–Crippen MR) is 75.3 cm³/mol. The lowest BCUT2D eigenvalue weighted by Gasteiger charge is -2.23. The summed E-state index contributed by atoms with van der Waals surface area (Å²) in [5.41, 5.74) is 5.02. The summed E-state index contributed by atoms with van der Waals surface area (Å²) < 4.78 is 10.6. The molecule has 1 amide bonds. The SMILES string of the molecule is CC(C)[C@H](NC(=O)OC(C)(C)C)c1nnc([C@@H](N)CO)o1. The van der Waals surface area contributed by atoms with Gasteiger partial charge in [-0.25, -0.2) is 4.79 Å². The first-order chi connectivity index (χ1) is 9.64. The zero-order valence-corrected chi connectivity index (χ0v) is 13.1. The standard InChI is InChI=1S/C13H24N4O4/c1-7(2)9(15-12(19)21-13(3,4)5)11-17-16-10(20-11)8(14)6-18/h7-9,18H,6,14H2,1-5H3,(H,15,19)/t8-,9-/m0/s1. The topological polar surface area (TPSA) is 124 Å². The fourth-order valence-electron chi connectivity index (χ4n) is 1.55. The Hall–Kier alpha value is -1.67. The average Bonchev–Trinajstić information content (AvgIpc) is 2.81. The van der Waals surface area contributed by atoms with Gasteiger partial charge in [-0.3, -0.25) is 0 Å². The van der Waals surface area contributed by atoms with E-state index in [1.165, 1.54) is 0 Å². The Balaban J connectivity index is 2.83. The van der Waals surface area contributed by atoms with Crippen LogP contribution >= 0.6 is 0 Å². The lowest BCUT2D eigenvalue weighted by Crippen LogP contribution is -2.37. The van der Waals surface area contributed by atoms with E-state index in [4.69, 9.17) is 20.0 Å². The molecule has 0 unspecified atom stereocenters. The molecule has 0 aliphatic rings. The summed E-state index contributed by atoms with van der Waals surface area (Å²) in [5, 5.41) is 19.3. The molecule has 0 bridgehead atoms. The first-order valence-electron chi connectivity index (χ1n) is 6.83. The van der Waals surface area contributed by atoms with E-state index in [-0.39, 0.29) is 24.3 Å². The van der Waals surface area contributed by atoms with Gasteiger partial charge in [0.1, 0.15) is 17.7 Å². The molecule has 0 fully saturated rings. The maximum atomic E-state index is 11.9. The number of ether oxygens (including phenoxy) is 1. The summed E-state index contributed by atoms with van der Waals surface area (Å²) in [5.74, 6) is 0.370. The number of aromatic nitrogens is 2. The third-order valence-electron chi connectivity index (χ3n) is 2.58. The van der Waals surface area contributed by atoms with E-state index in [0.717, 1.165) is 0 Å². The molecule has 0 spiro atoms. The van der Waals surface area contributed by atoms with Crippen molar-refractivity contribution in [2.24, 2.45) is 11.7 Å². The number of nitrogens with zero attached hydrogens (tertiary/aromatic N) is 2. The largest absolute Gasteiger partial charge is 0.444 e. The van der Waals surface area contributed by atoms with E-state index in [0.29, 0.717) is 0 Å². The number of nitrogens with two attached hydrogens (primary N) is 1. The van der Waals surface area contributed by atoms with Gasteiger partial charge in [-0.05, 0) is 26.7 Å². The summed E-state index contributed by atoms with van der Waals surface area (Å²) in [6.07, 6.45) is -0.563. The molecular weight excluding hydrogens is 276 g/mol. The molecule has 0 aromatic carbocycles. The lowest BCUT2D eigenvalue weighted by molar-refractivity contribution is 0.0478. The van der Waals surface area contributed by atoms with Gasteiger partial charge in [-0.1, -0.05) is 13.8 Å². The first-order valence-corrected chi connectivity index (χ1v) is 6.83. The minimum atomic E-state index is -0.736. The van der Waals surface area contributed by atoms with Crippen molar-refractivity contribution in [2.75, 3.05) is 6.61 Å². The van der Waals surface area contributed by atoms with Crippen LogP contribution in [0.2, 0.25) is 0 Å². The van der Waals surface area contributed by atoms with Gasteiger partial charge in [0.2, 0.25) is 11.8 Å². The van der Waals surface area contributed by atoms with Crippen molar-refractivity contribution in [3.05, 3.63) is 11.8 Å². The van der Waals surface area contributed by atoms with Crippen LogP contribution in [-0.2, 0) is 4.74 Å². The fraction of sp³-hybridized carbons (Fsp3) is 0.769. The molecule has 21 heavy (non-hydrogen) atoms. The Bertz CT molecular complexity index is 467. The van der Waals surface area contributed by atoms with Crippen molar-refractivity contribution < 1.29 is 19.1 Å². The van der Waals surface area contributed by atoms with Crippen LogP contribution in [0.15, 0.2) is 4.42 Å².